The van der Waals surface area contributed by atoms with Gasteiger partial charge in [-0.15, -0.1) is 0 Å². The van der Waals surface area contributed by atoms with E-state index in [1.165, 1.54) is 23.1 Å². The van der Waals surface area contributed by atoms with Crippen molar-refractivity contribution in [1.29, 1.82) is 0 Å². The van der Waals surface area contributed by atoms with Gasteiger partial charge in [0, 0.05) is 0 Å². The van der Waals surface area contributed by atoms with Gasteiger partial charge >= 0.3 is 0 Å². The van der Waals surface area contributed by atoms with Crippen molar-refractivity contribution in [2.24, 2.45) is 0 Å². The average Bonchev–Trinajstić information content (AvgIpc) is 2.20. The fourth-order valence-corrected chi connectivity index (χ4v) is 1.77. The van der Waals surface area contributed by atoms with E-state index in [9.17, 15) is 14.0 Å². The van der Waals surface area contributed by atoms with E-state index in [1.54, 1.807) is 0 Å². The molecule has 6 heteroatoms. The number of amides is 2. The van der Waals surface area contributed by atoms with Crippen LogP contribution in [0.3, 0.4) is 0 Å². The molecule has 16 heavy (non-hydrogen) atoms. The first-order valence-electron chi connectivity index (χ1n) is 4.59. The summed E-state index contributed by atoms with van der Waals surface area (Å²) in [6, 6.07) is 3.81. The molecule has 1 fully saturated rings. The molecule has 0 saturated carbocycles. The molecule has 1 aromatic carbocycles. The average molecular weight is 243 g/mol. The largest absolute Gasteiger partial charge is 0.352 e. The molecule has 4 nitrogen and oxygen atoms in total. The van der Waals surface area contributed by atoms with Crippen molar-refractivity contribution in [1.82, 2.24) is 5.32 Å². The number of benzene rings is 1. The number of halogens is 2. The molecule has 1 aliphatic rings. The molecule has 0 spiro atoms. The minimum Gasteiger partial charge on any atom is -0.352 e. The number of carbonyl (C=O) groups is 2. The lowest BCUT2D eigenvalue weighted by Crippen LogP contribution is -2.51. The van der Waals surface area contributed by atoms with Gasteiger partial charge in [0.15, 0.2) is 0 Å². The van der Waals surface area contributed by atoms with E-state index in [0.717, 1.165) is 0 Å². The molecule has 1 N–H and O–H groups in total. The SMILES string of the molecule is O=C1CN(c2cc(F)ccc2Cl)CC(=O)N1. The minimum atomic E-state index is -0.460. The van der Waals surface area contributed by atoms with Gasteiger partial charge in [0.1, 0.15) is 5.82 Å². The van der Waals surface area contributed by atoms with Crippen molar-refractivity contribution in [3.8, 4) is 0 Å². The van der Waals surface area contributed by atoms with Crippen molar-refractivity contribution in [3.05, 3.63) is 29.0 Å². The topological polar surface area (TPSA) is 49.4 Å². The second kappa shape index (κ2) is 4.09. The standard InChI is InChI=1S/C10H8ClFN2O2/c11-7-2-1-6(12)3-8(7)14-4-9(15)13-10(16)5-14/h1-3H,4-5H2,(H,13,15,16). The Hall–Kier alpha value is -1.62. The first-order valence-corrected chi connectivity index (χ1v) is 4.97. The fourth-order valence-electron chi connectivity index (χ4n) is 1.54. The van der Waals surface area contributed by atoms with E-state index in [1.807, 2.05) is 0 Å². The summed E-state index contributed by atoms with van der Waals surface area (Å²) >= 11 is 5.87. The number of hydrogen-bond donors (Lipinski definition) is 1. The Balaban J connectivity index is 2.32. The molecule has 2 rings (SSSR count). The zero-order valence-electron chi connectivity index (χ0n) is 8.17. The molecule has 1 heterocycles. The fraction of sp³-hybridized carbons (Fsp3) is 0.200. The Morgan fingerprint density at radius 1 is 1.25 bits per heavy atom. The van der Waals surface area contributed by atoms with E-state index < -0.39 is 17.6 Å². The molecule has 84 valence electrons. The highest BCUT2D eigenvalue weighted by Gasteiger charge is 2.24. The van der Waals surface area contributed by atoms with E-state index in [0.29, 0.717) is 10.7 Å². The van der Waals surface area contributed by atoms with Gasteiger partial charge in [-0.3, -0.25) is 14.9 Å². The number of anilines is 1. The second-order valence-corrected chi connectivity index (χ2v) is 3.83. The van der Waals surface area contributed by atoms with Gasteiger partial charge in [0.05, 0.1) is 23.8 Å². The van der Waals surface area contributed by atoms with Crippen LogP contribution in [-0.2, 0) is 9.59 Å². The van der Waals surface area contributed by atoms with Gasteiger partial charge in [-0.05, 0) is 18.2 Å². The van der Waals surface area contributed by atoms with Crippen LogP contribution in [0.5, 0.6) is 0 Å². The summed E-state index contributed by atoms with van der Waals surface area (Å²) in [6.07, 6.45) is 0. The van der Waals surface area contributed by atoms with Crippen LogP contribution in [0, 0.1) is 5.82 Å². The first-order chi connectivity index (χ1) is 7.56. The van der Waals surface area contributed by atoms with Crippen LogP contribution in [-0.4, -0.2) is 24.9 Å². The Morgan fingerprint density at radius 2 is 1.88 bits per heavy atom. The first kappa shape index (κ1) is 10.9. The predicted octanol–water partition coefficient (Wildman–Crippen LogP) is 0.942. The molecule has 0 aliphatic carbocycles. The number of carbonyl (C=O) groups excluding carboxylic acids is 2. The summed E-state index contributed by atoms with van der Waals surface area (Å²) in [5.74, 6) is -1.30. The predicted molar refractivity (Wildman–Crippen MR) is 56.8 cm³/mol. The summed E-state index contributed by atoms with van der Waals surface area (Å²) in [7, 11) is 0. The Kier molecular flexibility index (Phi) is 2.78. The Labute approximate surface area is 96.0 Å². The maximum Gasteiger partial charge on any atom is 0.246 e. The third-order valence-electron chi connectivity index (χ3n) is 2.20. The molecule has 1 aromatic rings. The Bertz CT molecular complexity index is 448. The summed E-state index contributed by atoms with van der Waals surface area (Å²) in [4.78, 5) is 23.7. The third-order valence-corrected chi connectivity index (χ3v) is 2.52. The lowest BCUT2D eigenvalue weighted by atomic mass is 10.2. The van der Waals surface area contributed by atoms with Gasteiger partial charge < -0.3 is 4.90 Å². The van der Waals surface area contributed by atoms with Crippen molar-refractivity contribution in [2.45, 2.75) is 0 Å². The lowest BCUT2D eigenvalue weighted by Gasteiger charge is -2.28. The van der Waals surface area contributed by atoms with E-state index in [2.05, 4.69) is 5.32 Å². The van der Waals surface area contributed by atoms with Crippen LogP contribution in [0.1, 0.15) is 0 Å². The molecular weight excluding hydrogens is 235 g/mol. The minimum absolute atomic E-state index is 0.00505. The zero-order valence-corrected chi connectivity index (χ0v) is 8.92. The van der Waals surface area contributed by atoms with Crippen LogP contribution in [0.4, 0.5) is 10.1 Å². The lowest BCUT2D eigenvalue weighted by molar-refractivity contribution is -0.130. The van der Waals surface area contributed by atoms with Gasteiger partial charge in [-0.25, -0.2) is 4.39 Å². The summed E-state index contributed by atoms with van der Waals surface area (Å²) < 4.78 is 13.0. The van der Waals surface area contributed by atoms with Crippen LogP contribution in [0.25, 0.3) is 0 Å². The quantitative estimate of drug-likeness (QED) is 0.746. The molecular formula is C10H8ClFN2O2. The van der Waals surface area contributed by atoms with E-state index >= 15 is 0 Å². The number of nitrogens with one attached hydrogen (secondary N) is 1. The molecule has 0 aromatic heterocycles. The number of piperazine rings is 1. The van der Waals surface area contributed by atoms with Gasteiger partial charge in [-0.2, -0.15) is 0 Å². The third kappa shape index (κ3) is 2.14. The van der Waals surface area contributed by atoms with Crippen LogP contribution < -0.4 is 10.2 Å². The summed E-state index contributed by atoms with van der Waals surface area (Å²) in [6.45, 7) is -0.0101. The maximum absolute atomic E-state index is 13.0. The van der Waals surface area contributed by atoms with Gasteiger partial charge in [-0.1, -0.05) is 11.6 Å². The van der Waals surface area contributed by atoms with E-state index in [4.69, 9.17) is 11.6 Å². The van der Waals surface area contributed by atoms with Crippen molar-refractivity contribution in [2.75, 3.05) is 18.0 Å². The normalized spacial score (nSPS) is 16.2. The Morgan fingerprint density at radius 3 is 2.50 bits per heavy atom. The molecule has 0 radical (unpaired) electrons. The van der Waals surface area contributed by atoms with Crippen molar-refractivity contribution in [3.63, 3.8) is 0 Å². The van der Waals surface area contributed by atoms with Crippen LogP contribution in [0.15, 0.2) is 18.2 Å². The molecule has 0 bridgehead atoms. The van der Waals surface area contributed by atoms with Crippen LogP contribution >= 0.6 is 11.6 Å². The number of hydrogen-bond acceptors (Lipinski definition) is 3. The maximum atomic E-state index is 13.0. The number of imide groups is 1. The van der Waals surface area contributed by atoms with Crippen molar-refractivity contribution >= 4 is 29.1 Å². The van der Waals surface area contributed by atoms with Crippen molar-refractivity contribution < 1.29 is 14.0 Å². The monoisotopic (exact) mass is 242 g/mol. The highest BCUT2D eigenvalue weighted by molar-refractivity contribution is 6.33. The smallest absolute Gasteiger partial charge is 0.246 e. The highest BCUT2D eigenvalue weighted by Crippen LogP contribution is 2.26. The molecule has 1 saturated heterocycles. The highest BCUT2D eigenvalue weighted by atomic mass is 35.5. The van der Waals surface area contributed by atoms with E-state index in [-0.39, 0.29) is 13.1 Å². The molecule has 0 atom stereocenters. The molecule has 2 amide bonds. The number of nitrogens with zero attached hydrogens (tertiary/aromatic N) is 1. The zero-order chi connectivity index (χ0) is 11.7. The number of rotatable bonds is 1. The van der Waals surface area contributed by atoms with Gasteiger partial charge in [0.25, 0.3) is 0 Å². The second-order valence-electron chi connectivity index (χ2n) is 3.42. The molecule has 1 aliphatic heterocycles. The van der Waals surface area contributed by atoms with Crippen LogP contribution in [0.2, 0.25) is 5.02 Å². The summed E-state index contributed by atoms with van der Waals surface area (Å²) in [5, 5.41) is 2.47. The summed E-state index contributed by atoms with van der Waals surface area (Å²) in [5.41, 5.74) is 0.352. The van der Waals surface area contributed by atoms with Gasteiger partial charge in [0.2, 0.25) is 11.8 Å². The molecule has 0 unspecified atom stereocenters.